The van der Waals surface area contributed by atoms with E-state index < -0.39 is 5.03 Å². The van der Waals surface area contributed by atoms with Gasteiger partial charge in [0.1, 0.15) is 0 Å². The van der Waals surface area contributed by atoms with Crippen molar-refractivity contribution in [2.24, 2.45) is 0 Å². The van der Waals surface area contributed by atoms with E-state index in [1.807, 2.05) is 0 Å². The second-order valence-electron chi connectivity index (χ2n) is 1.95. The van der Waals surface area contributed by atoms with Crippen molar-refractivity contribution >= 4 is 5.82 Å². The van der Waals surface area contributed by atoms with Crippen molar-refractivity contribution in [1.82, 2.24) is 4.98 Å². The highest BCUT2D eigenvalue weighted by atomic mass is 16.7. The molecule has 0 saturated carbocycles. The summed E-state index contributed by atoms with van der Waals surface area (Å²) in [4.78, 5) is 14.0. The predicted octanol–water partition coefficient (Wildman–Crippen LogP) is 0.709. The van der Waals surface area contributed by atoms with E-state index in [0.29, 0.717) is 5.82 Å². The third-order valence-corrected chi connectivity index (χ3v) is 1.23. The Kier molecular flexibility index (Phi) is 2.00. The van der Waals surface area contributed by atoms with Crippen molar-refractivity contribution < 1.29 is 5.03 Å². The maximum Gasteiger partial charge on any atom is 0.193 e. The zero-order chi connectivity index (χ0) is 8.27. The number of pyridine rings is 1. The number of hydrogen-bond donors (Lipinski definition) is 0. The molecule has 0 spiro atoms. The number of nitrogens with zero attached hydrogens (tertiary/aromatic N) is 3. The largest absolute Gasteiger partial charge is 0.234 e. The molecule has 0 radical (unpaired) electrons. The molecule has 5 heteroatoms. The van der Waals surface area contributed by atoms with E-state index in [1.54, 1.807) is 18.2 Å². The van der Waals surface area contributed by atoms with Crippen LogP contribution in [-0.4, -0.2) is 17.1 Å². The smallest absolute Gasteiger partial charge is 0.193 e. The Bertz CT molecular complexity index is 249. The Labute approximate surface area is 63.4 Å². The second kappa shape index (κ2) is 2.96. The van der Waals surface area contributed by atoms with Crippen LogP contribution >= 0.6 is 0 Å². The first-order valence-corrected chi connectivity index (χ1v) is 3.01. The highest BCUT2D eigenvalue weighted by molar-refractivity contribution is 5.32. The summed E-state index contributed by atoms with van der Waals surface area (Å²) in [6.45, 7) is 0. The molecule has 0 fully saturated rings. The Morgan fingerprint density at radius 2 is 2.36 bits per heavy atom. The van der Waals surface area contributed by atoms with E-state index in [0.717, 1.165) is 5.01 Å². The van der Waals surface area contributed by atoms with Gasteiger partial charge in [0.15, 0.2) is 10.9 Å². The lowest BCUT2D eigenvalue weighted by molar-refractivity contribution is -0.490. The number of aromatic nitrogens is 1. The summed E-state index contributed by atoms with van der Waals surface area (Å²) >= 11 is 0. The van der Waals surface area contributed by atoms with E-state index in [4.69, 9.17) is 0 Å². The highest BCUT2D eigenvalue weighted by Gasteiger charge is 2.09. The van der Waals surface area contributed by atoms with E-state index in [-0.39, 0.29) is 0 Å². The van der Waals surface area contributed by atoms with Gasteiger partial charge in [-0.1, -0.05) is 11.1 Å². The Balaban J connectivity index is 2.85. The second-order valence-corrected chi connectivity index (χ2v) is 1.95. The maximum absolute atomic E-state index is 10.2. The average Bonchev–Trinajstić information content (AvgIpc) is 2.05. The first kappa shape index (κ1) is 7.46. The fourth-order valence-electron chi connectivity index (χ4n) is 0.629. The monoisotopic (exact) mass is 153 g/mol. The number of nitro groups is 1. The molecular weight excluding hydrogens is 146 g/mol. The SMILES string of the molecule is CN(c1ccccn1)[N+](=O)[O-]. The molecule has 0 saturated heterocycles. The molecule has 0 aliphatic rings. The van der Waals surface area contributed by atoms with Gasteiger partial charge in [-0.3, -0.25) is 0 Å². The zero-order valence-corrected chi connectivity index (χ0v) is 5.97. The molecule has 0 aliphatic heterocycles. The third-order valence-electron chi connectivity index (χ3n) is 1.23. The van der Waals surface area contributed by atoms with E-state index in [9.17, 15) is 10.1 Å². The van der Waals surface area contributed by atoms with Gasteiger partial charge in [-0.2, -0.15) is 0 Å². The van der Waals surface area contributed by atoms with Crippen LogP contribution in [-0.2, 0) is 0 Å². The first-order valence-electron chi connectivity index (χ1n) is 3.01. The topological polar surface area (TPSA) is 59.3 Å². The van der Waals surface area contributed by atoms with Crippen LogP contribution in [0.25, 0.3) is 0 Å². The molecule has 0 aliphatic carbocycles. The van der Waals surface area contributed by atoms with E-state index in [2.05, 4.69) is 4.98 Å². The lowest BCUT2D eigenvalue weighted by atomic mass is 10.5. The third kappa shape index (κ3) is 1.64. The molecule has 1 aromatic heterocycles. The minimum absolute atomic E-state index is 0.331. The minimum Gasteiger partial charge on any atom is -0.234 e. The van der Waals surface area contributed by atoms with Gasteiger partial charge in [0.25, 0.3) is 0 Å². The number of hydrogen-bond acceptors (Lipinski definition) is 3. The van der Waals surface area contributed by atoms with Gasteiger partial charge in [0.05, 0.1) is 7.05 Å². The van der Waals surface area contributed by atoms with Crippen molar-refractivity contribution in [2.45, 2.75) is 0 Å². The Hall–Kier alpha value is -1.65. The fourth-order valence-corrected chi connectivity index (χ4v) is 0.629. The summed E-state index contributed by atoms with van der Waals surface area (Å²) in [6.07, 6.45) is 1.51. The van der Waals surface area contributed by atoms with Crippen LogP contribution in [0, 0.1) is 10.1 Å². The van der Waals surface area contributed by atoms with Crippen LogP contribution in [0.15, 0.2) is 24.4 Å². The number of anilines is 1. The van der Waals surface area contributed by atoms with Crippen LogP contribution in [0.1, 0.15) is 0 Å². The van der Waals surface area contributed by atoms with Crippen LogP contribution in [0.2, 0.25) is 0 Å². The summed E-state index contributed by atoms with van der Waals surface area (Å²) in [7, 11) is 1.35. The van der Waals surface area contributed by atoms with E-state index >= 15 is 0 Å². The van der Waals surface area contributed by atoms with Gasteiger partial charge < -0.3 is 0 Å². The molecule has 11 heavy (non-hydrogen) atoms. The minimum atomic E-state index is -0.525. The van der Waals surface area contributed by atoms with Gasteiger partial charge in [0, 0.05) is 6.20 Å². The van der Waals surface area contributed by atoms with Crippen LogP contribution in [0.3, 0.4) is 0 Å². The van der Waals surface area contributed by atoms with Crippen molar-refractivity contribution in [3.63, 3.8) is 0 Å². The van der Waals surface area contributed by atoms with Crippen LogP contribution in [0.5, 0.6) is 0 Å². The van der Waals surface area contributed by atoms with Gasteiger partial charge in [-0.25, -0.2) is 15.1 Å². The summed E-state index contributed by atoms with van der Waals surface area (Å²) < 4.78 is 0. The van der Waals surface area contributed by atoms with Gasteiger partial charge >= 0.3 is 0 Å². The summed E-state index contributed by atoms with van der Waals surface area (Å²) in [5.74, 6) is 0.331. The molecule has 1 heterocycles. The number of hydrazine groups is 1. The zero-order valence-electron chi connectivity index (χ0n) is 5.97. The normalized spacial score (nSPS) is 9.18. The molecular formula is C6H7N3O2. The lowest BCUT2D eigenvalue weighted by Gasteiger charge is -2.04. The van der Waals surface area contributed by atoms with Crippen molar-refractivity contribution in [2.75, 3.05) is 12.1 Å². The van der Waals surface area contributed by atoms with E-state index in [1.165, 1.54) is 13.2 Å². The molecule has 5 nitrogen and oxygen atoms in total. The molecule has 1 rings (SSSR count). The van der Waals surface area contributed by atoms with Gasteiger partial charge in [0.2, 0.25) is 0 Å². The molecule has 0 N–H and O–H groups in total. The highest BCUT2D eigenvalue weighted by Crippen LogP contribution is 2.05. The van der Waals surface area contributed by atoms with Gasteiger partial charge in [-0.05, 0) is 12.1 Å². The van der Waals surface area contributed by atoms with Crippen molar-refractivity contribution in [3.8, 4) is 0 Å². The molecule has 0 bridgehead atoms. The Morgan fingerprint density at radius 3 is 2.82 bits per heavy atom. The van der Waals surface area contributed by atoms with Crippen molar-refractivity contribution in [1.29, 1.82) is 0 Å². The molecule has 0 aromatic carbocycles. The molecule has 58 valence electrons. The molecule has 1 aromatic rings. The molecule has 0 atom stereocenters. The van der Waals surface area contributed by atoms with Crippen molar-refractivity contribution in [3.05, 3.63) is 34.5 Å². The standard InChI is InChI=1S/C6H7N3O2/c1-8(9(10)11)6-4-2-3-5-7-6/h2-5H,1H3. The van der Waals surface area contributed by atoms with Gasteiger partial charge in [-0.15, -0.1) is 0 Å². The summed E-state index contributed by atoms with van der Waals surface area (Å²) in [5.41, 5.74) is 0. The number of rotatable bonds is 2. The van der Waals surface area contributed by atoms with Crippen LogP contribution < -0.4 is 5.01 Å². The quantitative estimate of drug-likeness (QED) is 0.463. The lowest BCUT2D eigenvalue weighted by Crippen LogP contribution is -2.25. The molecule has 0 unspecified atom stereocenters. The summed E-state index contributed by atoms with van der Waals surface area (Å²) in [5, 5.41) is 10.5. The Morgan fingerprint density at radius 1 is 1.64 bits per heavy atom. The van der Waals surface area contributed by atoms with Crippen LogP contribution in [0.4, 0.5) is 5.82 Å². The predicted molar refractivity (Wildman–Crippen MR) is 39.6 cm³/mol. The first-order chi connectivity index (χ1) is 5.22. The maximum atomic E-state index is 10.2. The summed E-state index contributed by atoms with van der Waals surface area (Å²) in [6, 6.07) is 4.97. The molecule has 0 amide bonds. The fraction of sp³-hybridized carbons (Fsp3) is 0.167. The average molecular weight is 153 g/mol.